The van der Waals surface area contributed by atoms with Gasteiger partial charge in [-0.25, -0.2) is 23.7 Å². The third-order valence-corrected chi connectivity index (χ3v) is 8.02. The molecule has 226 valence electrons. The molecule has 0 aliphatic carbocycles. The van der Waals surface area contributed by atoms with Gasteiger partial charge in [0.2, 0.25) is 11.9 Å². The van der Waals surface area contributed by atoms with Crippen molar-refractivity contribution in [3.63, 3.8) is 0 Å². The molecule has 0 atom stereocenters. The lowest BCUT2D eigenvalue weighted by atomic mass is 10.0. The molecule has 0 N–H and O–H groups in total. The van der Waals surface area contributed by atoms with Gasteiger partial charge in [0, 0.05) is 51.2 Å². The predicted molar refractivity (Wildman–Crippen MR) is 166 cm³/mol. The molecule has 0 bridgehead atoms. The number of hydrogen-bond donors (Lipinski definition) is 0. The topological polar surface area (TPSA) is 88.7 Å². The van der Waals surface area contributed by atoms with Gasteiger partial charge in [0.1, 0.15) is 5.82 Å². The van der Waals surface area contributed by atoms with Crippen LogP contribution >= 0.6 is 0 Å². The van der Waals surface area contributed by atoms with Crippen molar-refractivity contribution in [2.45, 2.75) is 51.9 Å². The predicted octanol–water partition coefficient (Wildman–Crippen LogP) is 5.23. The fraction of sp³-hybridized carbons (Fsp3) is 0.375. The quantitative estimate of drug-likeness (QED) is 0.251. The summed E-state index contributed by atoms with van der Waals surface area (Å²) in [7, 11) is 3.53. The highest BCUT2D eigenvalue weighted by molar-refractivity contribution is 5.79. The largest absolute Gasteiger partial charge is 0.427 e. The highest BCUT2D eigenvalue weighted by atomic mass is 19.1. The molecule has 2 aromatic carbocycles. The van der Waals surface area contributed by atoms with Crippen LogP contribution in [0, 0.1) is 5.82 Å². The lowest BCUT2D eigenvalue weighted by Crippen LogP contribution is -2.46. The van der Waals surface area contributed by atoms with E-state index in [1.807, 2.05) is 37.1 Å². The van der Waals surface area contributed by atoms with E-state index >= 15 is 0 Å². The summed E-state index contributed by atoms with van der Waals surface area (Å²) in [5, 5.41) is 0. The van der Waals surface area contributed by atoms with Gasteiger partial charge in [0.05, 0.1) is 17.6 Å². The summed E-state index contributed by atoms with van der Waals surface area (Å²) in [6.07, 6.45) is 4.06. The van der Waals surface area contributed by atoms with Crippen LogP contribution in [-0.4, -0.2) is 63.3 Å². The minimum absolute atomic E-state index is 0.106. The first-order valence-electron chi connectivity index (χ1n) is 14.6. The summed E-state index contributed by atoms with van der Waals surface area (Å²) in [4.78, 5) is 40.5. The van der Waals surface area contributed by atoms with Gasteiger partial charge in [-0.3, -0.25) is 9.69 Å². The van der Waals surface area contributed by atoms with E-state index in [0.717, 1.165) is 54.9 Å². The molecular formula is C32H38FN7O3. The van der Waals surface area contributed by atoms with Crippen LogP contribution in [0.4, 0.5) is 21.1 Å². The smallest absolute Gasteiger partial charge is 0.415 e. The summed E-state index contributed by atoms with van der Waals surface area (Å²) in [6.45, 7) is 7.76. The average molecular weight is 588 g/mol. The average Bonchev–Trinajstić information content (AvgIpc) is 3.38. The zero-order chi connectivity index (χ0) is 30.5. The molecule has 10 nitrogen and oxygen atoms in total. The van der Waals surface area contributed by atoms with E-state index in [1.54, 1.807) is 19.2 Å². The number of piperidine rings is 1. The second-order valence-corrected chi connectivity index (χ2v) is 10.9. The summed E-state index contributed by atoms with van der Waals surface area (Å²) in [5.41, 5.74) is 3.29. The maximum Gasteiger partial charge on any atom is 0.415 e. The molecule has 5 rings (SSSR count). The van der Waals surface area contributed by atoms with E-state index in [1.165, 1.54) is 33.9 Å². The molecule has 2 aromatic heterocycles. The molecule has 1 saturated heterocycles. The van der Waals surface area contributed by atoms with Crippen LogP contribution in [0.5, 0.6) is 0 Å². The first-order chi connectivity index (χ1) is 20.8. The van der Waals surface area contributed by atoms with E-state index in [-0.39, 0.29) is 24.1 Å². The van der Waals surface area contributed by atoms with E-state index in [4.69, 9.17) is 9.72 Å². The van der Waals surface area contributed by atoms with Crippen molar-refractivity contribution in [2.75, 3.05) is 37.0 Å². The maximum absolute atomic E-state index is 13.5. The fourth-order valence-corrected chi connectivity index (χ4v) is 5.48. The van der Waals surface area contributed by atoms with E-state index in [2.05, 4.69) is 27.1 Å². The number of aromatic nitrogens is 4. The third-order valence-electron chi connectivity index (χ3n) is 8.02. The van der Waals surface area contributed by atoms with Gasteiger partial charge in [0.25, 0.3) is 5.56 Å². The number of nitrogens with zero attached hydrogens (tertiary/aromatic N) is 7. The second kappa shape index (κ2) is 13.1. The normalized spacial score (nSPS) is 13.7. The number of para-hydroxylation sites is 2. The highest BCUT2D eigenvalue weighted by Crippen LogP contribution is 2.28. The van der Waals surface area contributed by atoms with Crippen molar-refractivity contribution in [2.24, 2.45) is 0 Å². The first-order valence-corrected chi connectivity index (χ1v) is 14.6. The number of rotatable bonds is 10. The summed E-state index contributed by atoms with van der Waals surface area (Å²) in [6, 6.07) is 16.1. The first kappa shape index (κ1) is 29.8. The van der Waals surface area contributed by atoms with Crippen LogP contribution in [0.25, 0.3) is 11.0 Å². The Morgan fingerprint density at radius 1 is 1.07 bits per heavy atom. The highest BCUT2D eigenvalue weighted by Gasteiger charge is 2.28. The number of anilines is 2. The number of halogens is 1. The van der Waals surface area contributed by atoms with Gasteiger partial charge in [-0.15, -0.1) is 0 Å². The molecule has 43 heavy (non-hydrogen) atoms. The maximum atomic E-state index is 13.5. The number of imidazole rings is 1. The number of ether oxygens (including phenoxy) is 1. The van der Waals surface area contributed by atoms with E-state index < -0.39 is 6.09 Å². The zero-order valence-corrected chi connectivity index (χ0v) is 24.9. The Bertz CT molecular complexity index is 1640. The van der Waals surface area contributed by atoms with Gasteiger partial charge in [-0.05, 0) is 49.1 Å². The Kier molecular flexibility index (Phi) is 9.08. The zero-order valence-electron chi connectivity index (χ0n) is 24.9. The SMILES string of the molecule is C=C(CCC)N(C)C(=O)OCn1c(N(C)C2CCN(c3nc4ccccc4n3Cc3ccc(F)cc3)CC2)nccc1=O. The van der Waals surface area contributed by atoms with Crippen LogP contribution in [0.3, 0.4) is 0 Å². The molecule has 0 saturated carbocycles. The van der Waals surface area contributed by atoms with Crippen molar-refractivity contribution in [1.82, 2.24) is 24.0 Å². The summed E-state index contributed by atoms with van der Waals surface area (Å²) < 4.78 is 22.6. The molecule has 11 heteroatoms. The Morgan fingerprint density at radius 2 is 1.79 bits per heavy atom. The molecule has 1 aliphatic rings. The number of benzene rings is 2. The summed E-state index contributed by atoms with van der Waals surface area (Å²) >= 11 is 0. The van der Waals surface area contributed by atoms with Crippen LogP contribution < -0.4 is 15.4 Å². The molecule has 1 aliphatic heterocycles. The minimum Gasteiger partial charge on any atom is -0.427 e. The number of amides is 1. The fourth-order valence-electron chi connectivity index (χ4n) is 5.48. The van der Waals surface area contributed by atoms with Gasteiger partial charge in [0.15, 0.2) is 6.73 Å². The van der Waals surface area contributed by atoms with Crippen LogP contribution in [0.1, 0.15) is 38.2 Å². The molecule has 3 heterocycles. The monoisotopic (exact) mass is 587 g/mol. The molecule has 0 radical (unpaired) electrons. The Morgan fingerprint density at radius 3 is 2.51 bits per heavy atom. The molecule has 1 fully saturated rings. The molecular weight excluding hydrogens is 549 g/mol. The van der Waals surface area contributed by atoms with Gasteiger partial charge in [-0.2, -0.15) is 0 Å². The van der Waals surface area contributed by atoms with Crippen LogP contribution in [0.15, 0.2) is 77.9 Å². The lowest BCUT2D eigenvalue weighted by Gasteiger charge is -2.38. The van der Waals surface area contributed by atoms with Crippen molar-refractivity contribution in [3.8, 4) is 0 Å². The number of allylic oxidation sites excluding steroid dienone is 1. The summed E-state index contributed by atoms with van der Waals surface area (Å²) in [5.74, 6) is 1.06. The number of fused-ring (bicyclic) bond motifs is 1. The molecule has 0 unspecified atom stereocenters. The minimum atomic E-state index is -0.570. The van der Waals surface area contributed by atoms with Crippen LogP contribution in [-0.2, 0) is 18.0 Å². The number of carbonyl (C=O) groups excluding carboxylic acids is 1. The van der Waals surface area contributed by atoms with Crippen molar-refractivity contribution in [1.29, 1.82) is 0 Å². The van der Waals surface area contributed by atoms with Crippen molar-refractivity contribution in [3.05, 3.63) is 94.8 Å². The van der Waals surface area contributed by atoms with Crippen LogP contribution in [0.2, 0.25) is 0 Å². The lowest BCUT2D eigenvalue weighted by molar-refractivity contribution is 0.0885. The van der Waals surface area contributed by atoms with Gasteiger partial charge < -0.3 is 19.1 Å². The van der Waals surface area contributed by atoms with Gasteiger partial charge in [-0.1, -0.05) is 44.2 Å². The standard InChI is InChI=1S/C32H38FN7O3/c1-5-8-23(2)36(3)32(42)43-22-40-29(41)15-18-34-30(40)37(4)26-16-19-38(20-17-26)31-35-27-9-6-7-10-28(27)39(31)21-24-11-13-25(33)14-12-24/h6-7,9-15,18,26H,2,5,8,16-17,19-22H2,1,3-4H3. The molecule has 1 amide bonds. The van der Waals surface area contributed by atoms with Gasteiger partial charge >= 0.3 is 6.09 Å². The van der Waals surface area contributed by atoms with E-state index in [0.29, 0.717) is 24.6 Å². The number of carbonyl (C=O) groups is 1. The van der Waals surface area contributed by atoms with Crippen molar-refractivity contribution >= 4 is 29.0 Å². The third kappa shape index (κ3) is 6.55. The Hall–Kier alpha value is -4.67. The van der Waals surface area contributed by atoms with Crippen molar-refractivity contribution < 1.29 is 13.9 Å². The number of hydrogen-bond acceptors (Lipinski definition) is 7. The second-order valence-electron chi connectivity index (χ2n) is 10.9. The van der Waals surface area contributed by atoms with E-state index in [9.17, 15) is 14.0 Å². The molecule has 0 spiro atoms. The Balaban J connectivity index is 1.29. The molecule has 4 aromatic rings. The Labute approximate surface area is 250 Å².